The van der Waals surface area contributed by atoms with Crippen LogP contribution in [0.15, 0.2) is 24.3 Å². The number of nitrogens with one attached hydrogen (secondary N) is 2. The lowest BCUT2D eigenvalue weighted by Gasteiger charge is -2.22. The van der Waals surface area contributed by atoms with Crippen molar-refractivity contribution >= 4 is 11.8 Å². The third-order valence-corrected chi connectivity index (χ3v) is 3.20. The molecule has 0 radical (unpaired) electrons. The lowest BCUT2D eigenvalue weighted by Crippen LogP contribution is -2.39. The molecule has 2 rings (SSSR count). The second-order valence-electron chi connectivity index (χ2n) is 4.85. The summed E-state index contributed by atoms with van der Waals surface area (Å²) in [6.45, 7) is 0.465. The van der Waals surface area contributed by atoms with Crippen molar-refractivity contribution in [1.82, 2.24) is 10.8 Å². The Morgan fingerprint density at radius 2 is 2.05 bits per heavy atom. The maximum Gasteiger partial charge on any atom is 0.263 e. The second kappa shape index (κ2) is 8.35. The van der Waals surface area contributed by atoms with Gasteiger partial charge in [0.25, 0.3) is 11.8 Å². The molecular weight excluding hydrogens is 288 g/mol. The van der Waals surface area contributed by atoms with Crippen LogP contribution in [0.4, 0.5) is 0 Å². The van der Waals surface area contributed by atoms with Crippen molar-refractivity contribution in [2.45, 2.75) is 25.6 Å². The molecule has 1 atom stereocenters. The van der Waals surface area contributed by atoms with E-state index in [4.69, 9.17) is 14.3 Å². The third-order valence-electron chi connectivity index (χ3n) is 3.20. The van der Waals surface area contributed by atoms with E-state index in [9.17, 15) is 9.59 Å². The fraction of sp³-hybridized carbons (Fsp3) is 0.467. The van der Waals surface area contributed by atoms with Crippen LogP contribution in [0.25, 0.3) is 0 Å². The Morgan fingerprint density at radius 1 is 1.27 bits per heavy atom. The highest BCUT2D eigenvalue weighted by atomic mass is 16.8. The van der Waals surface area contributed by atoms with Gasteiger partial charge in [-0.25, -0.2) is 10.3 Å². The summed E-state index contributed by atoms with van der Waals surface area (Å²) in [6.07, 6.45) is 2.36. The average Bonchev–Trinajstić information content (AvgIpc) is 2.58. The van der Waals surface area contributed by atoms with Crippen molar-refractivity contribution in [3.63, 3.8) is 0 Å². The van der Waals surface area contributed by atoms with Gasteiger partial charge in [-0.1, -0.05) is 0 Å². The molecule has 1 aliphatic heterocycles. The van der Waals surface area contributed by atoms with Gasteiger partial charge in [-0.15, -0.1) is 0 Å². The number of benzene rings is 1. The fourth-order valence-corrected chi connectivity index (χ4v) is 1.98. The molecule has 0 aromatic heterocycles. The summed E-state index contributed by atoms with van der Waals surface area (Å²) in [5.74, 6) is -0.113. The summed E-state index contributed by atoms with van der Waals surface area (Å²) in [4.78, 5) is 28.6. The number of carbonyl (C=O) groups excluding carboxylic acids is 2. The molecule has 1 aliphatic rings. The van der Waals surface area contributed by atoms with Gasteiger partial charge in [0.15, 0.2) is 6.29 Å². The van der Waals surface area contributed by atoms with E-state index in [2.05, 4.69) is 10.8 Å². The Balaban J connectivity index is 1.69. The van der Waals surface area contributed by atoms with Crippen LogP contribution in [0, 0.1) is 0 Å². The molecule has 1 aromatic rings. The lowest BCUT2D eigenvalue weighted by molar-refractivity contribution is -0.200. The van der Waals surface area contributed by atoms with Gasteiger partial charge in [0, 0.05) is 18.6 Å². The Bertz CT molecular complexity index is 497. The zero-order valence-electron chi connectivity index (χ0n) is 12.5. The molecular formula is C15H20N2O5. The molecule has 0 spiro atoms. The van der Waals surface area contributed by atoms with Crippen LogP contribution in [0.2, 0.25) is 0 Å². The molecule has 0 unspecified atom stereocenters. The van der Waals surface area contributed by atoms with Crippen LogP contribution in [-0.2, 0) is 14.4 Å². The van der Waals surface area contributed by atoms with Crippen molar-refractivity contribution < 1.29 is 23.9 Å². The molecule has 1 saturated heterocycles. The number of methoxy groups -OCH3 is 1. The van der Waals surface area contributed by atoms with Gasteiger partial charge in [0.2, 0.25) is 0 Å². The molecule has 0 bridgehead atoms. The van der Waals surface area contributed by atoms with E-state index in [0.717, 1.165) is 19.3 Å². The molecule has 1 fully saturated rings. The maximum absolute atomic E-state index is 11.9. The molecule has 2 amide bonds. The molecule has 120 valence electrons. The van der Waals surface area contributed by atoms with E-state index < -0.39 is 12.2 Å². The summed E-state index contributed by atoms with van der Waals surface area (Å²) >= 11 is 0. The van der Waals surface area contributed by atoms with Crippen LogP contribution >= 0.6 is 0 Å². The predicted molar refractivity (Wildman–Crippen MR) is 78.1 cm³/mol. The SMILES string of the molecule is COc1ccc(C(=O)NCC(=O)NO[C@@H]2CCCCO2)cc1. The van der Waals surface area contributed by atoms with Crippen LogP contribution in [0.3, 0.4) is 0 Å². The highest BCUT2D eigenvalue weighted by molar-refractivity contribution is 5.96. The Hall–Kier alpha value is -2.12. The number of amides is 2. The average molecular weight is 308 g/mol. The summed E-state index contributed by atoms with van der Waals surface area (Å²) in [5.41, 5.74) is 2.73. The van der Waals surface area contributed by atoms with Gasteiger partial charge in [-0.2, -0.15) is 0 Å². The highest BCUT2D eigenvalue weighted by Crippen LogP contribution is 2.12. The van der Waals surface area contributed by atoms with Crippen molar-refractivity contribution in [1.29, 1.82) is 0 Å². The number of hydroxylamine groups is 1. The largest absolute Gasteiger partial charge is 0.497 e. The first-order chi connectivity index (χ1) is 10.7. The molecule has 7 heteroatoms. The van der Waals surface area contributed by atoms with Crippen LogP contribution < -0.4 is 15.5 Å². The lowest BCUT2D eigenvalue weighted by atomic mass is 10.2. The summed E-state index contributed by atoms with van der Waals surface area (Å²) in [5, 5.41) is 2.51. The van der Waals surface area contributed by atoms with Crippen LogP contribution in [0.1, 0.15) is 29.6 Å². The van der Waals surface area contributed by atoms with Crippen molar-refractivity contribution in [2.24, 2.45) is 0 Å². The summed E-state index contributed by atoms with van der Waals surface area (Å²) in [7, 11) is 1.55. The molecule has 22 heavy (non-hydrogen) atoms. The molecule has 0 saturated carbocycles. The minimum absolute atomic E-state index is 0.169. The Labute approximate surface area is 128 Å². The normalized spacial score (nSPS) is 17.6. The molecule has 0 aliphatic carbocycles. The zero-order valence-corrected chi connectivity index (χ0v) is 12.5. The Kier molecular flexibility index (Phi) is 6.17. The van der Waals surface area contributed by atoms with Gasteiger partial charge in [-0.3, -0.25) is 9.59 Å². The molecule has 2 N–H and O–H groups in total. The summed E-state index contributed by atoms with van der Waals surface area (Å²) < 4.78 is 10.3. The smallest absolute Gasteiger partial charge is 0.263 e. The third kappa shape index (κ3) is 5.01. The van der Waals surface area contributed by atoms with Gasteiger partial charge < -0.3 is 14.8 Å². The zero-order chi connectivity index (χ0) is 15.8. The van der Waals surface area contributed by atoms with E-state index in [1.54, 1.807) is 31.4 Å². The van der Waals surface area contributed by atoms with E-state index in [1.165, 1.54) is 0 Å². The van der Waals surface area contributed by atoms with Gasteiger partial charge in [-0.05, 0) is 37.1 Å². The molecule has 7 nitrogen and oxygen atoms in total. The van der Waals surface area contributed by atoms with Gasteiger partial charge in [0.05, 0.1) is 13.7 Å². The number of hydrogen-bond acceptors (Lipinski definition) is 5. The van der Waals surface area contributed by atoms with E-state index >= 15 is 0 Å². The van der Waals surface area contributed by atoms with E-state index in [1.807, 2.05) is 0 Å². The maximum atomic E-state index is 11.9. The Morgan fingerprint density at radius 3 is 2.68 bits per heavy atom. The van der Waals surface area contributed by atoms with Crippen molar-refractivity contribution in [3.8, 4) is 5.75 Å². The van der Waals surface area contributed by atoms with E-state index in [0.29, 0.717) is 17.9 Å². The molecule has 1 heterocycles. The number of hydrogen-bond donors (Lipinski definition) is 2. The minimum atomic E-state index is -0.434. The van der Waals surface area contributed by atoms with Gasteiger partial charge >= 0.3 is 0 Å². The molecule has 1 aromatic carbocycles. The van der Waals surface area contributed by atoms with Gasteiger partial charge in [0.1, 0.15) is 5.75 Å². The highest BCUT2D eigenvalue weighted by Gasteiger charge is 2.16. The minimum Gasteiger partial charge on any atom is -0.497 e. The van der Waals surface area contributed by atoms with Crippen LogP contribution in [0.5, 0.6) is 5.75 Å². The number of rotatable bonds is 6. The number of ether oxygens (including phenoxy) is 2. The fourth-order valence-electron chi connectivity index (χ4n) is 1.98. The van der Waals surface area contributed by atoms with E-state index in [-0.39, 0.29) is 12.5 Å². The van der Waals surface area contributed by atoms with Crippen molar-refractivity contribution in [2.75, 3.05) is 20.3 Å². The second-order valence-corrected chi connectivity index (χ2v) is 4.85. The standard InChI is InChI=1S/C15H20N2O5/c1-20-12-7-5-11(6-8-12)15(19)16-10-13(18)17-22-14-4-2-3-9-21-14/h5-8,14H,2-4,9-10H2,1H3,(H,16,19)(H,17,18)/t14-/m1/s1. The summed E-state index contributed by atoms with van der Waals surface area (Å²) in [6, 6.07) is 6.61. The first kappa shape index (κ1) is 16.3. The number of carbonyl (C=O) groups is 2. The first-order valence-corrected chi connectivity index (χ1v) is 7.17. The monoisotopic (exact) mass is 308 g/mol. The van der Waals surface area contributed by atoms with Crippen molar-refractivity contribution in [3.05, 3.63) is 29.8 Å². The topological polar surface area (TPSA) is 85.9 Å². The predicted octanol–water partition coefficient (Wildman–Crippen LogP) is 0.999. The quantitative estimate of drug-likeness (QED) is 0.766. The van der Waals surface area contributed by atoms with Crippen LogP contribution in [-0.4, -0.2) is 38.4 Å². The first-order valence-electron chi connectivity index (χ1n) is 7.17.